The largest absolute Gasteiger partial charge is 0.468 e. The van der Waals surface area contributed by atoms with Crippen LogP contribution < -0.4 is 16.0 Å². The molecular formula is C27H19Cl2F3N4O3S. The van der Waals surface area contributed by atoms with E-state index in [1.165, 1.54) is 24.5 Å². The fourth-order valence-corrected chi connectivity index (χ4v) is 5.30. The molecule has 0 radical (unpaired) electrons. The van der Waals surface area contributed by atoms with Crippen LogP contribution in [0.15, 0.2) is 87.1 Å². The predicted octanol–water partition coefficient (Wildman–Crippen LogP) is 7.31. The van der Waals surface area contributed by atoms with Gasteiger partial charge in [-0.25, -0.2) is 0 Å². The third-order valence-corrected chi connectivity index (χ3v) is 7.29. The van der Waals surface area contributed by atoms with E-state index in [2.05, 4.69) is 22.0 Å². The highest BCUT2D eigenvalue weighted by Crippen LogP contribution is 2.41. The van der Waals surface area contributed by atoms with Crippen molar-refractivity contribution in [2.75, 3.05) is 16.4 Å². The quantitative estimate of drug-likeness (QED) is 0.260. The monoisotopic (exact) mass is 606 g/mol. The first-order valence-electron chi connectivity index (χ1n) is 11.5. The molecule has 3 aromatic rings. The molecule has 0 saturated carbocycles. The maximum absolute atomic E-state index is 13.4. The maximum atomic E-state index is 13.4. The Labute approximate surface area is 241 Å². The minimum atomic E-state index is -4.55. The molecule has 1 aromatic heterocycles. The molecule has 0 fully saturated rings. The van der Waals surface area contributed by atoms with Gasteiger partial charge in [-0.05, 0) is 55.5 Å². The maximum Gasteiger partial charge on any atom is 0.416 e. The molecule has 40 heavy (non-hydrogen) atoms. The van der Waals surface area contributed by atoms with Gasteiger partial charge in [0, 0.05) is 16.4 Å². The van der Waals surface area contributed by atoms with Crippen LogP contribution in [-0.2, 0) is 15.8 Å². The lowest BCUT2D eigenvalue weighted by Crippen LogP contribution is -2.31. The van der Waals surface area contributed by atoms with Crippen molar-refractivity contribution in [1.82, 2.24) is 5.32 Å². The number of nitrogens with zero attached hydrogens (tertiary/aromatic N) is 1. The number of alkyl halides is 3. The van der Waals surface area contributed by atoms with Crippen LogP contribution in [0, 0.1) is 11.3 Å². The lowest BCUT2D eigenvalue weighted by molar-refractivity contribution is -0.137. The van der Waals surface area contributed by atoms with E-state index in [4.69, 9.17) is 27.6 Å². The molecule has 0 saturated heterocycles. The topological polar surface area (TPSA) is 107 Å². The molecule has 2 aromatic carbocycles. The van der Waals surface area contributed by atoms with Crippen molar-refractivity contribution in [3.8, 4) is 6.07 Å². The van der Waals surface area contributed by atoms with Gasteiger partial charge in [0.1, 0.15) is 5.76 Å². The highest BCUT2D eigenvalue weighted by molar-refractivity contribution is 8.03. The summed E-state index contributed by atoms with van der Waals surface area (Å²) in [4.78, 5) is 26.0. The number of anilines is 2. The average molecular weight is 607 g/mol. The number of carbonyl (C=O) groups is 2. The predicted molar refractivity (Wildman–Crippen MR) is 148 cm³/mol. The summed E-state index contributed by atoms with van der Waals surface area (Å²) in [6.07, 6.45) is -3.15. The molecule has 3 N–H and O–H groups in total. The molecule has 1 aliphatic rings. The highest BCUT2D eigenvalue weighted by atomic mass is 35.5. The van der Waals surface area contributed by atoms with Gasteiger partial charge in [0.25, 0.3) is 5.91 Å². The molecular weight excluding hydrogens is 588 g/mol. The normalized spacial score (nSPS) is 15.4. The minimum absolute atomic E-state index is 0.0177. The van der Waals surface area contributed by atoms with Gasteiger partial charge in [0.05, 0.1) is 56.5 Å². The number of furan rings is 1. The Kier molecular flexibility index (Phi) is 8.83. The summed E-state index contributed by atoms with van der Waals surface area (Å²) in [5.41, 5.74) is 0.0947. The number of nitriles is 1. The lowest BCUT2D eigenvalue weighted by Gasteiger charge is -2.28. The van der Waals surface area contributed by atoms with Crippen molar-refractivity contribution in [3.63, 3.8) is 0 Å². The highest BCUT2D eigenvalue weighted by Gasteiger charge is 2.37. The summed E-state index contributed by atoms with van der Waals surface area (Å²) in [6.45, 7) is 1.63. The molecule has 4 rings (SSSR count). The number of carbonyl (C=O) groups excluding carboxylic acids is 2. The number of benzene rings is 2. The van der Waals surface area contributed by atoms with Crippen molar-refractivity contribution in [2.45, 2.75) is 19.0 Å². The summed E-state index contributed by atoms with van der Waals surface area (Å²) >= 11 is 13.1. The molecule has 0 spiro atoms. The zero-order valence-electron chi connectivity index (χ0n) is 20.5. The SMILES string of the molecule is CC1=C(C(=O)Nc2ccc(Cl)cc2Cl)[C@H](c2ccco2)C(C#N)=C(SCC(=O)Nc2cccc(C(F)(F)F)c2)N1. The summed E-state index contributed by atoms with van der Waals surface area (Å²) in [7, 11) is 0. The van der Waals surface area contributed by atoms with E-state index in [9.17, 15) is 28.0 Å². The first-order chi connectivity index (χ1) is 19.0. The molecule has 1 aliphatic heterocycles. The summed E-state index contributed by atoms with van der Waals surface area (Å²) < 4.78 is 44.6. The van der Waals surface area contributed by atoms with E-state index in [0.717, 1.165) is 23.9 Å². The van der Waals surface area contributed by atoms with Crippen molar-refractivity contribution in [1.29, 1.82) is 5.26 Å². The van der Waals surface area contributed by atoms with Gasteiger partial charge in [-0.3, -0.25) is 9.59 Å². The van der Waals surface area contributed by atoms with Gasteiger partial charge in [-0.1, -0.05) is 41.0 Å². The molecule has 13 heteroatoms. The van der Waals surface area contributed by atoms with Crippen LogP contribution in [-0.4, -0.2) is 17.6 Å². The van der Waals surface area contributed by atoms with Crippen LogP contribution >= 0.6 is 35.0 Å². The third-order valence-electron chi connectivity index (χ3n) is 5.72. The molecule has 7 nitrogen and oxygen atoms in total. The number of amides is 2. The van der Waals surface area contributed by atoms with Crippen LogP contribution in [0.5, 0.6) is 0 Å². The van der Waals surface area contributed by atoms with Crippen molar-refractivity contribution in [3.05, 3.63) is 104 Å². The first kappa shape index (κ1) is 29.1. The molecule has 206 valence electrons. The molecule has 0 unspecified atom stereocenters. The van der Waals surface area contributed by atoms with Crippen molar-refractivity contribution in [2.24, 2.45) is 0 Å². The second-order valence-electron chi connectivity index (χ2n) is 8.46. The van der Waals surface area contributed by atoms with Gasteiger partial charge in [-0.15, -0.1) is 0 Å². The van der Waals surface area contributed by atoms with E-state index in [1.54, 1.807) is 31.2 Å². The number of hydrogen-bond donors (Lipinski definition) is 3. The first-order valence-corrected chi connectivity index (χ1v) is 13.2. The smallest absolute Gasteiger partial charge is 0.416 e. The van der Waals surface area contributed by atoms with Crippen LogP contribution in [0.4, 0.5) is 24.5 Å². The summed E-state index contributed by atoms with van der Waals surface area (Å²) in [6, 6.07) is 14.2. The van der Waals surface area contributed by atoms with Crippen LogP contribution in [0.25, 0.3) is 0 Å². The third kappa shape index (κ3) is 6.65. The Bertz CT molecular complexity index is 1560. The van der Waals surface area contributed by atoms with Crippen LogP contribution in [0.3, 0.4) is 0 Å². The van der Waals surface area contributed by atoms with Crippen LogP contribution in [0.2, 0.25) is 10.0 Å². The second-order valence-corrected chi connectivity index (χ2v) is 10.3. The fraction of sp³-hybridized carbons (Fsp3) is 0.148. The number of hydrogen-bond acceptors (Lipinski definition) is 6. The Balaban J connectivity index is 1.57. The van der Waals surface area contributed by atoms with Gasteiger partial charge in [0.2, 0.25) is 5.91 Å². The molecule has 1 atom stereocenters. The molecule has 2 heterocycles. The lowest BCUT2D eigenvalue weighted by atomic mass is 9.85. The van der Waals surface area contributed by atoms with Gasteiger partial charge >= 0.3 is 6.18 Å². The zero-order valence-corrected chi connectivity index (χ0v) is 22.9. The Hall–Kier alpha value is -3.85. The Morgan fingerprint density at radius 3 is 2.55 bits per heavy atom. The Morgan fingerprint density at radius 2 is 1.90 bits per heavy atom. The van der Waals surface area contributed by atoms with E-state index in [-0.39, 0.29) is 27.6 Å². The van der Waals surface area contributed by atoms with Gasteiger partial charge in [0.15, 0.2) is 0 Å². The van der Waals surface area contributed by atoms with Crippen molar-refractivity contribution >= 4 is 58.2 Å². The molecule has 0 aliphatic carbocycles. The fourth-order valence-electron chi connectivity index (χ4n) is 3.96. The summed E-state index contributed by atoms with van der Waals surface area (Å²) in [5, 5.41) is 19.2. The van der Waals surface area contributed by atoms with E-state index < -0.39 is 29.5 Å². The minimum Gasteiger partial charge on any atom is -0.468 e. The zero-order chi connectivity index (χ0) is 29.0. The molecule has 2 amide bonds. The van der Waals surface area contributed by atoms with E-state index in [0.29, 0.717) is 27.2 Å². The number of thioether (sulfide) groups is 1. The van der Waals surface area contributed by atoms with Gasteiger partial charge < -0.3 is 20.4 Å². The number of allylic oxidation sites excluding steroid dienone is 2. The number of halogens is 5. The van der Waals surface area contributed by atoms with Crippen LogP contribution in [0.1, 0.15) is 24.2 Å². The Morgan fingerprint density at radius 1 is 1.12 bits per heavy atom. The average Bonchev–Trinajstić information content (AvgIpc) is 3.43. The van der Waals surface area contributed by atoms with Gasteiger partial charge in [-0.2, -0.15) is 18.4 Å². The van der Waals surface area contributed by atoms with E-state index >= 15 is 0 Å². The number of nitrogens with one attached hydrogen (secondary N) is 3. The second kappa shape index (κ2) is 12.1. The number of dihydropyridines is 1. The molecule has 0 bridgehead atoms. The standard InChI is InChI=1S/C27H19Cl2F3N4O3S/c1-14-23(25(38)36-20-8-7-16(28)11-19(20)29)24(21-6-3-9-39-21)18(12-33)26(34-14)40-13-22(37)35-17-5-2-4-15(10-17)27(30,31)32/h2-11,24,34H,13H2,1H3,(H,35,37)(H,36,38)/t24-/m0/s1. The van der Waals surface area contributed by atoms with E-state index in [1.807, 2.05) is 0 Å². The number of rotatable bonds is 7. The van der Waals surface area contributed by atoms with Crippen molar-refractivity contribution < 1.29 is 27.2 Å². The summed E-state index contributed by atoms with van der Waals surface area (Å²) in [5.74, 6) is -1.97.